The summed E-state index contributed by atoms with van der Waals surface area (Å²) in [7, 11) is 1.83. The van der Waals surface area contributed by atoms with Gasteiger partial charge in [-0.15, -0.1) is 0 Å². The molecule has 1 aromatic rings. The largest absolute Gasteiger partial charge is 0.481 e. The smallest absolute Gasteiger partial charge is 0.305 e. The van der Waals surface area contributed by atoms with Crippen LogP contribution in [0.25, 0.3) is 0 Å². The number of para-hydroxylation sites is 1. The van der Waals surface area contributed by atoms with E-state index in [2.05, 4.69) is 0 Å². The summed E-state index contributed by atoms with van der Waals surface area (Å²) in [4.78, 5) is 26.8. The Morgan fingerprint density at radius 2 is 1.95 bits per heavy atom. The van der Waals surface area contributed by atoms with Gasteiger partial charge in [0.15, 0.2) is 0 Å². The summed E-state index contributed by atoms with van der Waals surface area (Å²) >= 11 is 0. The number of hydrogen-bond acceptors (Lipinski definition) is 3. The number of carbonyl (C=O) groups is 2. The Balaban J connectivity index is 2.09. The van der Waals surface area contributed by atoms with Crippen molar-refractivity contribution in [2.24, 2.45) is 0 Å². The minimum Gasteiger partial charge on any atom is -0.481 e. The maximum absolute atomic E-state index is 12.3. The number of benzene rings is 1. The zero-order chi connectivity index (χ0) is 15.4. The predicted octanol–water partition coefficient (Wildman–Crippen LogP) is 1.90. The van der Waals surface area contributed by atoms with Crippen molar-refractivity contribution in [1.29, 1.82) is 0 Å². The maximum Gasteiger partial charge on any atom is 0.305 e. The molecule has 1 fully saturated rings. The Labute approximate surface area is 125 Å². The third kappa shape index (κ3) is 4.21. The highest BCUT2D eigenvalue weighted by molar-refractivity contribution is 5.82. The summed E-state index contributed by atoms with van der Waals surface area (Å²) in [6.07, 6.45) is 2.16. The van der Waals surface area contributed by atoms with Crippen molar-refractivity contribution >= 4 is 17.6 Å². The SMILES string of the molecule is Cc1ccccc1N(CCC(=O)O)CC(=O)N(C)C1CC1. The fourth-order valence-electron chi connectivity index (χ4n) is 2.37. The minimum atomic E-state index is -0.850. The van der Waals surface area contributed by atoms with Gasteiger partial charge in [0, 0.05) is 25.3 Å². The predicted molar refractivity (Wildman–Crippen MR) is 81.4 cm³/mol. The molecule has 114 valence electrons. The fraction of sp³-hybridized carbons (Fsp3) is 0.500. The summed E-state index contributed by atoms with van der Waals surface area (Å²) in [5, 5.41) is 8.90. The summed E-state index contributed by atoms with van der Waals surface area (Å²) in [6.45, 7) is 2.54. The summed E-state index contributed by atoms with van der Waals surface area (Å²) < 4.78 is 0. The van der Waals surface area contributed by atoms with Crippen LogP contribution in [0.3, 0.4) is 0 Å². The minimum absolute atomic E-state index is 0.0226. The molecule has 1 aliphatic carbocycles. The maximum atomic E-state index is 12.3. The Kier molecular flexibility index (Phi) is 4.83. The van der Waals surface area contributed by atoms with Gasteiger partial charge in [0.1, 0.15) is 0 Å². The Hall–Kier alpha value is -2.04. The molecule has 1 amide bonds. The van der Waals surface area contributed by atoms with E-state index in [1.165, 1.54) is 0 Å². The molecule has 0 aromatic heterocycles. The number of aryl methyl sites for hydroxylation is 1. The standard InChI is InChI=1S/C16H22N2O3/c1-12-5-3-4-6-14(12)18(10-9-16(20)21)11-15(19)17(2)13-7-8-13/h3-6,13H,7-11H2,1-2H3,(H,20,21). The first-order valence-electron chi connectivity index (χ1n) is 7.27. The van der Waals surface area contributed by atoms with Gasteiger partial charge in [0.05, 0.1) is 13.0 Å². The number of aliphatic carboxylic acids is 1. The highest BCUT2D eigenvalue weighted by Gasteiger charge is 2.30. The molecule has 0 heterocycles. The van der Waals surface area contributed by atoms with Crippen molar-refractivity contribution in [1.82, 2.24) is 4.90 Å². The first-order chi connectivity index (χ1) is 9.99. The van der Waals surface area contributed by atoms with Crippen molar-refractivity contribution in [2.45, 2.75) is 32.2 Å². The summed E-state index contributed by atoms with van der Waals surface area (Å²) in [5.74, 6) is -0.803. The molecule has 1 aromatic carbocycles. The van der Waals surface area contributed by atoms with Gasteiger partial charge in [0.2, 0.25) is 5.91 Å². The van der Waals surface area contributed by atoms with Crippen LogP contribution in [-0.4, -0.2) is 48.1 Å². The van der Waals surface area contributed by atoms with Gasteiger partial charge < -0.3 is 14.9 Å². The van der Waals surface area contributed by atoms with E-state index >= 15 is 0 Å². The first kappa shape index (κ1) is 15.4. The van der Waals surface area contributed by atoms with Crippen LogP contribution < -0.4 is 4.90 Å². The van der Waals surface area contributed by atoms with Gasteiger partial charge in [-0.3, -0.25) is 9.59 Å². The van der Waals surface area contributed by atoms with E-state index in [4.69, 9.17) is 5.11 Å². The topological polar surface area (TPSA) is 60.9 Å². The number of amides is 1. The third-order valence-electron chi connectivity index (χ3n) is 3.87. The van der Waals surface area contributed by atoms with Gasteiger partial charge in [-0.25, -0.2) is 0 Å². The van der Waals surface area contributed by atoms with Crippen LogP contribution in [0.5, 0.6) is 0 Å². The molecule has 5 heteroatoms. The lowest BCUT2D eigenvalue weighted by Gasteiger charge is -2.27. The second-order valence-electron chi connectivity index (χ2n) is 5.59. The molecule has 0 unspecified atom stereocenters. The van der Waals surface area contributed by atoms with E-state index in [-0.39, 0.29) is 18.9 Å². The van der Waals surface area contributed by atoms with Gasteiger partial charge in [-0.1, -0.05) is 18.2 Å². The van der Waals surface area contributed by atoms with Crippen molar-refractivity contribution in [2.75, 3.05) is 25.0 Å². The molecule has 1 saturated carbocycles. The van der Waals surface area contributed by atoms with Crippen LogP contribution in [0.4, 0.5) is 5.69 Å². The summed E-state index contributed by atoms with van der Waals surface area (Å²) in [6, 6.07) is 8.12. The molecule has 0 spiro atoms. The lowest BCUT2D eigenvalue weighted by atomic mass is 10.1. The van der Waals surface area contributed by atoms with Crippen LogP contribution in [-0.2, 0) is 9.59 Å². The van der Waals surface area contributed by atoms with Crippen LogP contribution in [0, 0.1) is 6.92 Å². The van der Waals surface area contributed by atoms with Gasteiger partial charge in [-0.2, -0.15) is 0 Å². The van der Waals surface area contributed by atoms with Crippen molar-refractivity contribution < 1.29 is 14.7 Å². The highest BCUT2D eigenvalue weighted by Crippen LogP contribution is 2.26. The third-order valence-corrected chi connectivity index (χ3v) is 3.87. The molecule has 21 heavy (non-hydrogen) atoms. The number of nitrogens with zero attached hydrogens (tertiary/aromatic N) is 2. The molecule has 5 nitrogen and oxygen atoms in total. The normalized spacial score (nSPS) is 13.8. The van der Waals surface area contributed by atoms with E-state index in [9.17, 15) is 9.59 Å². The van der Waals surface area contributed by atoms with Crippen LogP contribution in [0.15, 0.2) is 24.3 Å². The lowest BCUT2D eigenvalue weighted by Crippen LogP contribution is -2.40. The zero-order valence-electron chi connectivity index (χ0n) is 12.6. The van der Waals surface area contributed by atoms with Gasteiger partial charge in [-0.05, 0) is 31.4 Å². The molecule has 0 atom stereocenters. The Bertz CT molecular complexity index is 526. The van der Waals surface area contributed by atoms with Crippen molar-refractivity contribution in [3.8, 4) is 0 Å². The second-order valence-corrected chi connectivity index (χ2v) is 5.59. The van der Waals surface area contributed by atoms with Crippen molar-refractivity contribution in [3.05, 3.63) is 29.8 Å². The molecular weight excluding hydrogens is 268 g/mol. The van der Waals surface area contributed by atoms with E-state index in [1.807, 2.05) is 43.1 Å². The number of rotatable bonds is 7. The highest BCUT2D eigenvalue weighted by atomic mass is 16.4. The van der Waals surface area contributed by atoms with E-state index in [0.29, 0.717) is 12.6 Å². The number of hydrogen-bond donors (Lipinski definition) is 1. The molecule has 0 radical (unpaired) electrons. The average Bonchev–Trinajstić information content (AvgIpc) is 3.27. The van der Waals surface area contributed by atoms with E-state index in [0.717, 1.165) is 24.1 Å². The molecule has 0 aliphatic heterocycles. The molecule has 1 aliphatic rings. The molecule has 0 saturated heterocycles. The Morgan fingerprint density at radius 1 is 1.29 bits per heavy atom. The van der Waals surface area contributed by atoms with Crippen LogP contribution in [0.1, 0.15) is 24.8 Å². The lowest BCUT2D eigenvalue weighted by molar-refractivity contribution is -0.137. The van der Waals surface area contributed by atoms with Gasteiger partial charge >= 0.3 is 5.97 Å². The number of anilines is 1. The quantitative estimate of drug-likeness (QED) is 0.833. The first-order valence-corrected chi connectivity index (χ1v) is 7.27. The number of carboxylic acids is 1. The molecular formula is C16H22N2O3. The monoisotopic (exact) mass is 290 g/mol. The number of carbonyl (C=O) groups excluding carboxylic acids is 1. The van der Waals surface area contributed by atoms with Crippen molar-refractivity contribution in [3.63, 3.8) is 0 Å². The second kappa shape index (κ2) is 6.61. The van der Waals surface area contributed by atoms with E-state index < -0.39 is 5.97 Å². The average molecular weight is 290 g/mol. The summed E-state index contributed by atoms with van der Waals surface area (Å²) in [5.41, 5.74) is 1.97. The molecule has 2 rings (SSSR count). The molecule has 1 N–H and O–H groups in total. The number of carboxylic acid groups (broad SMARTS) is 1. The molecule has 0 bridgehead atoms. The Morgan fingerprint density at radius 3 is 2.52 bits per heavy atom. The van der Waals surface area contributed by atoms with Gasteiger partial charge in [0.25, 0.3) is 0 Å². The van der Waals surface area contributed by atoms with Crippen LogP contribution >= 0.6 is 0 Å². The van der Waals surface area contributed by atoms with E-state index in [1.54, 1.807) is 4.90 Å². The zero-order valence-corrected chi connectivity index (χ0v) is 12.6. The fourth-order valence-corrected chi connectivity index (χ4v) is 2.37. The van der Waals surface area contributed by atoms with Crippen LogP contribution in [0.2, 0.25) is 0 Å². The number of likely N-dealkylation sites (N-methyl/N-ethyl adjacent to an activating group) is 1.